The number of nitrogens with one attached hydrogen (secondary N) is 2. The Bertz CT molecular complexity index is 471. The van der Waals surface area contributed by atoms with Crippen LogP contribution in [0.5, 0.6) is 5.75 Å². The highest BCUT2D eigenvalue weighted by Crippen LogP contribution is 2.25. The molecule has 0 bridgehead atoms. The largest absolute Gasteiger partial charge is 0.507 e. The van der Waals surface area contributed by atoms with Crippen LogP contribution in [0.15, 0.2) is 22.7 Å². The number of benzene rings is 1. The van der Waals surface area contributed by atoms with Crippen molar-refractivity contribution in [2.75, 3.05) is 19.6 Å². The van der Waals surface area contributed by atoms with Gasteiger partial charge in [-0.15, -0.1) is 0 Å². The second kappa shape index (κ2) is 5.92. The van der Waals surface area contributed by atoms with E-state index in [-0.39, 0.29) is 17.1 Å². The number of phenolic OH excluding ortho intramolecular Hbond substituents is 1. The summed E-state index contributed by atoms with van der Waals surface area (Å²) in [5, 5.41) is 16.0. The topological polar surface area (TPSA) is 61.4 Å². The Balaban J connectivity index is 1.99. The molecular weight excluding hydrogens is 308 g/mol. The minimum Gasteiger partial charge on any atom is -0.507 e. The molecule has 0 radical (unpaired) electrons. The molecule has 0 aliphatic carbocycles. The van der Waals surface area contributed by atoms with E-state index >= 15 is 0 Å². The van der Waals surface area contributed by atoms with Crippen LogP contribution in [0.4, 0.5) is 0 Å². The molecule has 1 aromatic carbocycles. The summed E-state index contributed by atoms with van der Waals surface area (Å²) in [4.78, 5) is 12.1. The molecule has 0 aromatic heterocycles. The van der Waals surface area contributed by atoms with Gasteiger partial charge in [-0.2, -0.15) is 0 Å². The van der Waals surface area contributed by atoms with Gasteiger partial charge in [0.05, 0.1) is 5.56 Å². The van der Waals surface area contributed by atoms with E-state index in [0.717, 1.165) is 30.4 Å². The summed E-state index contributed by atoms with van der Waals surface area (Å²) in [5.41, 5.74) is 0.400. The van der Waals surface area contributed by atoms with Crippen molar-refractivity contribution in [3.05, 3.63) is 28.2 Å². The van der Waals surface area contributed by atoms with Gasteiger partial charge in [-0.1, -0.05) is 22.9 Å². The molecule has 0 spiro atoms. The average Bonchev–Trinajstić information content (AvgIpc) is 2.40. The molecule has 0 saturated carbocycles. The number of phenols is 1. The Morgan fingerprint density at radius 3 is 3.05 bits per heavy atom. The molecule has 1 amide bonds. The fourth-order valence-corrected chi connectivity index (χ4v) is 2.71. The summed E-state index contributed by atoms with van der Waals surface area (Å²) in [6.45, 7) is 4.75. The molecule has 5 heteroatoms. The van der Waals surface area contributed by atoms with Crippen molar-refractivity contribution in [1.29, 1.82) is 0 Å². The number of amides is 1. The van der Waals surface area contributed by atoms with E-state index in [1.807, 2.05) is 0 Å². The van der Waals surface area contributed by atoms with Gasteiger partial charge < -0.3 is 15.7 Å². The lowest BCUT2D eigenvalue weighted by Gasteiger charge is -2.34. The predicted molar refractivity (Wildman–Crippen MR) is 78.4 cm³/mol. The summed E-state index contributed by atoms with van der Waals surface area (Å²) in [6, 6.07) is 4.85. The molecule has 3 N–H and O–H groups in total. The highest BCUT2D eigenvalue weighted by molar-refractivity contribution is 9.10. The highest BCUT2D eigenvalue weighted by Gasteiger charge is 2.27. The lowest BCUT2D eigenvalue weighted by Crippen LogP contribution is -2.45. The second-order valence-corrected chi connectivity index (χ2v) is 6.35. The van der Waals surface area contributed by atoms with Crippen molar-refractivity contribution in [3.63, 3.8) is 0 Å². The minimum absolute atomic E-state index is 0.00706. The molecule has 1 saturated heterocycles. The van der Waals surface area contributed by atoms with Gasteiger partial charge in [0.15, 0.2) is 0 Å². The molecule has 104 valence electrons. The number of rotatable bonds is 3. The van der Waals surface area contributed by atoms with E-state index in [0.29, 0.717) is 12.1 Å². The van der Waals surface area contributed by atoms with Crippen molar-refractivity contribution in [2.24, 2.45) is 5.41 Å². The number of hydrogen-bond donors (Lipinski definition) is 3. The van der Waals surface area contributed by atoms with E-state index in [2.05, 4.69) is 33.5 Å². The third kappa shape index (κ3) is 3.70. The van der Waals surface area contributed by atoms with Gasteiger partial charge in [0.2, 0.25) is 0 Å². The lowest BCUT2D eigenvalue weighted by molar-refractivity contribution is 0.0922. The van der Waals surface area contributed by atoms with Crippen LogP contribution in [0.25, 0.3) is 0 Å². The first-order valence-corrected chi connectivity index (χ1v) is 7.27. The average molecular weight is 327 g/mol. The number of carbonyl (C=O) groups excluding carboxylic acids is 1. The van der Waals surface area contributed by atoms with Crippen molar-refractivity contribution >= 4 is 21.8 Å². The smallest absolute Gasteiger partial charge is 0.255 e. The zero-order valence-corrected chi connectivity index (χ0v) is 12.6. The zero-order chi connectivity index (χ0) is 13.9. The third-order valence-electron chi connectivity index (χ3n) is 3.56. The first kappa shape index (κ1) is 14.3. The van der Waals surface area contributed by atoms with Gasteiger partial charge in [-0.05, 0) is 43.0 Å². The molecule has 1 fully saturated rings. The first-order chi connectivity index (χ1) is 9.00. The molecule has 1 unspecified atom stereocenters. The van der Waals surface area contributed by atoms with Crippen LogP contribution in [-0.4, -0.2) is 30.6 Å². The number of halogens is 1. The minimum atomic E-state index is -0.231. The molecule has 1 aliphatic rings. The molecule has 1 aromatic rings. The Morgan fingerprint density at radius 2 is 2.37 bits per heavy atom. The number of hydrogen-bond acceptors (Lipinski definition) is 3. The Morgan fingerprint density at radius 1 is 1.58 bits per heavy atom. The monoisotopic (exact) mass is 326 g/mol. The van der Waals surface area contributed by atoms with Crippen LogP contribution in [-0.2, 0) is 0 Å². The molecular formula is C14H19BrN2O2. The molecule has 1 atom stereocenters. The highest BCUT2D eigenvalue weighted by atomic mass is 79.9. The lowest BCUT2D eigenvalue weighted by atomic mass is 9.83. The zero-order valence-electron chi connectivity index (χ0n) is 11.0. The molecule has 4 nitrogen and oxygen atoms in total. The van der Waals surface area contributed by atoms with Crippen LogP contribution in [0.1, 0.15) is 30.1 Å². The van der Waals surface area contributed by atoms with Gasteiger partial charge in [0.25, 0.3) is 5.91 Å². The maximum absolute atomic E-state index is 12.1. The van der Waals surface area contributed by atoms with Crippen LogP contribution >= 0.6 is 15.9 Å². The van der Waals surface area contributed by atoms with Crippen molar-refractivity contribution in [3.8, 4) is 5.75 Å². The standard InChI is InChI=1S/C14H19BrN2O2/c1-14(5-2-6-16-8-14)9-17-13(19)11-7-10(15)3-4-12(11)18/h3-4,7,16,18H,2,5-6,8-9H2,1H3,(H,17,19). The van der Waals surface area contributed by atoms with Crippen LogP contribution < -0.4 is 10.6 Å². The third-order valence-corrected chi connectivity index (χ3v) is 4.06. The van der Waals surface area contributed by atoms with E-state index in [1.165, 1.54) is 6.07 Å². The van der Waals surface area contributed by atoms with Crippen LogP contribution in [0.3, 0.4) is 0 Å². The Kier molecular flexibility index (Phi) is 4.47. The van der Waals surface area contributed by atoms with E-state index in [9.17, 15) is 9.90 Å². The molecule has 1 heterocycles. The second-order valence-electron chi connectivity index (χ2n) is 5.44. The van der Waals surface area contributed by atoms with E-state index < -0.39 is 0 Å². The van der Waals surface area contributed by atoms with Crippen LogP contribution in [0, 0.1) is 5.41 Å². The van der Waals surface area contributed by atoms with Crippen LogP contribution in [0.2, 0.25) is 0 Å². The van der Waals surface area contributed by atoms with Gasteiger partial charge in [0.1, 0.15) is 5.75 Å². The maximum atomic E-state index is 12.1. The molecule has 1 aliphatic heterocycles. The number of piperidine rings is 1. The normalized spacial score (nSPS) is 23.1. The van der Waals surface area contributed by atoms with E-state index in [4.69, 9.17) is 0 Å². The summed E-state index contributed by atoms with van der Waals surface area (Å²) in [5.74, 6) is -0.224. The quantitative estimate of drug-likeness (QED) is 0.798. The van der Waals surface area contributed by atoms with Gasteiger partial charge in [0, 0.05) is 17.6 Å². The fraction of sp³-hybridized carbons (Fsp3) is 0.500. The maximum Gasteiger partial charge on any atom is 0.255 e. The number of carbonyl (C=O) groups is 1. The summed E-state index contributed by atoms with van der Waals surface area (Å²) >= 11 is 3.30. The number of aromatic hydroxyl groups is 1. The van der Waals surface area contributed by atoms with Gasteiger partial charge in [-0.25, -0.2) is 0 Å². The Labute approximate surface area is 121 Å². The van der Waals surface area contributed by atoms with Crippen molar-refractivity contribution in [2.45, 2.75) is 19.8 Å². The summed E-state index contributed by atoms with van der Waals surface area (Å²) < 4.78 is 0.779. The van der Waals surface area contributed by atoms with Gasteiger partial charge >= 0.3 is 0 Å². The van der Waals surface area contributed by atoms with Crippen molar-refractivity contribution in [1.82, 2.24) is 10.6 Å². The molecule has 2 rings (SSSR count). The summed E-state index contributed by atoms with van der Waals surface area (Å²) in [7, 11) is 0. The molecule has 19 heavy (non-hydrogen) atoms. The predicted octanol–water partition coefficient (Wildman–Crippen LogP) is 2.27. The summed E-state index contributed by atoms with van der Waals surface area (Å²) in [6.07, 6.45) is 2.24. The first-order valence-electron chi connectivity index (χ1n) is 6.48. The fourth-order valence-electron chi connectivity index (χ4n) is 2.35. The SMILES string of the molecule is CC1(CNC(=O)c2cc(Br)ccc2O)CCCNC1. The van der Waals surface area contributed by atoms with Gasteiger partial charge in [-0.3, -0.25) is 4.79 Å². The van der Waals surface area contributed by atoms with Crippen molar-refractivity contribution < 1.29 is 9.90 Å². The Hall–Kier alpha value is -1.07. The van der Waals surface area contributed by atoms with E-state index in [1.54, 1.807) is 12.1 Å².